The predicted octanol–water partition coefficient (Wildman–Crippen LogP) is 3.90. The monoisotopic (exact) mass is 506 g/mol. The van der Waals surface area contributed by atoms with Crippen molar-refractivity contribution in [3.63, 3.8) is 0 Å². The molecule has 2 N–H and O–H groups in total. The van der Waals surface area contributed by atoms with Crippen LogP contribution in [0.1, 0.15) is 52.3 Å². The maximum absolute atomic E-state index is 6.11. The first-order valence-electron chi connectivity index (χ1n) is 10.2. The quantitative estimate of drug-likeness (QED) is 0.334. The van der Waals surface area contributed by atoms with E-state index in [1.54, 1.807) is 6.26 Å². The second-order valence-corrected chi connectivity index (χ2v) is 8.66. The molecule has 1 aromatic rings. The van der Waals surface area contributed by atoms with Gasteiger partial charge in [0, 0.05) is 25.6 Å². The number of hydrogen-bond donors (Lipinski definition) is 2. The molecule has 1 fully saturated rings. The average molecular weight is 506 g/mol. The Balaban J connectivity index is 0.00000392. The molecule has 6 nitrogen and oxygen atoms in total. The van der Waals surface area contributed by atoms with Crippen molar-refractivity contribution in [3.05, 3.63) is 24.2 Å². The zero-order valence-electron chi connectivity index (χ0n) is 18.3. The van der Waals surface area contributed by atoms with Crippen LogP contribution in [0.5, 0.6) is 0 Å². The Labute approximate surface area is 187 Å². The highest BCUT2D eigenvalue weighted by atomic mass is 127. The van der Waals surface area contributed by atoms with E-state index in [-0.39, 0.29) is 41.5 Å². The van der Waals surface area contributed by atoms with Crippen LogP contribution in [0.2, 0.25) is 0 Å². The fourth-order valence-electron chi connectivity index (χ4n) is 3.75. The molecule has 0 saturated carbocycles. The summed E-state index contributed by atoms with van der Waals surface area (Å²) in [5.41, 5.74) is 0.150. The van der Waals surface area contributed by atoms with E-state index in [2.05, 4.69) is 57.3 Å². The number of rotatable bonds is 7. The third-order valence-electron chi connectivity index (χ3n) is 5.09. The smallest absolute Gasteiger partial charge is 0.191 e. The SMILES string of the molecule is CCNC(=NCC(c1ccco1)N(C)C)NCC1CCCOC1C(C)(C)C.I. The van der Waals surface area contributed by atoms with Gasteiger partial charge < -0.3 is 19.8 Å². The molecule has 7 heteroatoms. The molecular weight excluding hydrogens is 467 g/mol. The van der Waals surface area contributed by atoms with Crippen molar-refractivity contribution in [1.29, 1.82) is 0 Å². The number of hydrogen-bond acceptors (Lipinski definition) is 4. The molecule has 2 heterocycles. The molecule has 1 aromatic heterocycles. The van der Waals surface area contributed by atoms with Gasteiger partial charge in [-0.05, 0) is 51.4 Å². The van der Waals surface area contributed by atoms with Crippen LogP contribution in [0.15, 0.2) is 27.8 Å². The minimum Gasteiger partial charge on any atom is -0.468 e. The number of halogens is 1. The Morgan fingerprint density at radius 2 is 2.07 bits per heavy atom. The lowest BCUT2D eigenvalue weighted by Gasteiger charge is -2.40. The highest BCUT2D eigenvalue weighted by Gasteiger charge is 2.35. The first-order chi connectivity index (χ1) is 12.8. The maximum atomic E-state index is 6.11. The standard InChI is InChI=1S/C21H38N4O2.HI/c1-7-22-20(24-15-17(25(5)6)18-11-9-12-26-18)23-14-16-10-8-13-27-19(16)21(2,3)4;/h9,11-12,16-17,19H,7-8,10,13-15H2,1-6H3,(H2,22,23,24);1H. The summed E-state index contributed by atoms with van der Waals surface area (Å²) in [6.07, 6.45) is 4.32. The van der Waals surface area contributed by atoms with Gasteiger partial charge in [-0.15, -0.1) is 24.0 Å². The number of ether oxygens (including phenoxy) is 1. The summed E-state index contributed by atoms with van der Waals surface area (Å²) >= 11 is 0. The fourth-order valence-corrected chi connectivity index (χ4v) is 3.75. The van der Waals surface area contributed by atoms with E-state index in [1.165, 1.54) is 6.42 Å². The Morgan fingerprint density at radius 1 is 1.32 bits per heavy atom. The van der Waals surface area contributed by atoms with Crippen molar-refractivity contribution in [1.82, 2.24) is 15.5 Å². The number of furan rings is 1. The van der Waals surface area contributed by atoms with Crippen LogP contribution < -0.4 is 10.6 Å². The zero-order valence-corrected chi connectivity index (χ0v) is 20.7. The van der Waals surface area contributed by atoms with Gasteiger partial charge in [-0.3, -0.25) is 9.89 Å². The molecule has 0 aromatic carbocycles. The lowest BCUT2D eigenvalue weighted by atomic mass is 9.78. The fraction of sp³-hybridized carbons (Fsp3) is 0.762. The largest absolute Gasteiger partial charge is 0.468 e. The number of aliphatic imine (C=N–C) groups is 1. The number of likely N-dealkylation sites (N-methyl/N-ethyl adjacent to an activating group) is 1. The minimum atomic E-state index is 0. The van der Waals surface area contributed by atoms with Crippen LogP contribution in [-0.4, -0.2) is 57.3 Å². The highest BCUT2D eigenvalue weighted by Crippen LogP contribution is 2.33. The summed E-state index contributed by atoms with van der Waals surface area (Å²) in [6.45, 7) is 12.1. The lowest BCUT2D eigenvalue weighted by molar-refractivity contribution is -0.0835. The van der Waals surface area contributed by atoms with Gasteiger partial charge in [0.25, 0.3) is 0 Å². The third-order valence-corrected chi connectivity index (χ3v) is 5.09. The molecule has 28 heavy (non-hydrogen) atoms. The first kappa shape index (κ1) is 25.2. The summed E-state index contributed by atoms with van der Waals surface area (Å²) in [5.74, 6) is 2.29. The van der Waals surface area contributed by atoms with Crippen LogP contribution in [-0.2, 0) is 4.74 Å². The third kappa shape index (κ3) is 7.55. The number of guanidine groups is 1. The summed E-state index contributed by atoms with van der Waals surface area (Å²) in [5, 5.41) is 6.91. The van der Waals surface area contributed by atoms with E-state index in [0.717, 1.165) is 37.8 Å². The van der Waals surface area contributed by atoms with E-state index in [4.69, 9.17) is 14.1 Å². The summed E-state index contributed by atoms with van der Waals surface area (Å²) < 4.78 is 11.7. The number of nitrogens with zero attached hydrogens (tertiary/aromatic N) is 2. The molecule has 0 amide bonds. The number of nitrogens with one attached hydrogen (secondary N) is 2. The van der Waals surface area contributed by atoms with E-state index < -0.39 is 0 Å². The topological polar surface area (TPSA) is 62.0 Å². The predicted molar refractivity (Wildman–Crippen MR) is 126 cm³/mol. The molecule has 2 rings (SSSR count). The van der Waals surface area contributed by atoms with Crippen molar-refractivity contribution < 1.29 is 9.15 Å². The Hall–Kier alpha value is -0.800. The van der Waals surface area contributed by atoms with Crippen molar-refractivity contribution in [2.75, 3.05) is 40.3 Å². The van der Waals surface area contributed by atoms with Gasteiger partial charge in [0.1, 0.15) is 5.76 Å². The molecule has 1 aliphatic heterocycles. The lowest BCUT2D eigenvalue weighted by Crippen LogP contribution is -2.47. The molecule has 0 bridgehead atoms. The van der Waals surface area contributed by atoms with Gasteiger partial charge in [-0.1, -0.05) is 20.8 Å². The van der Waals surface area contributed by atoms with E-state index in [1.807, 2.05) is 12.1 Å². The molecule has 3 atom stereocenters. The Morgan fingerprint density at radius 3 is 2.64 bits per heavy atom. The van der Waals surface area contributed by atoms with Crippen molar-refractivity contribution in [3.8, 4) is 0 Å². The van der Waals surface area contributed by atoms with Crippen LogP contribution in [0.4, 0.5) is 0 Å². The van der Waals surface area contributed by atoms with Crippen LogP contribution in [0, 0.1) is 11.3 Å². The second-order valence-electron chi connectivity index (χ2n) is 8.66. The van der Waals surface area contributed by atoms with Crippen molar-refractivity contribution >= 4 is 29.9 Å². The molecule has 162 valence electrons. The minimum absolute atomic E-state index is 0. The molecule has 0 aliphatic carbocycles. The summed E-state index contributed by atoms with van der Waals surface area (Å²) in [7, 11) is 4.10. The van der Waals surface area contributed by atoms with E-state index in [0.29, 0.717) is 12.5 Å². The van der Waals surface area contributed by atoms with Crippen LogP contribution in [0.3, 0.4) is 0 Å². The van der Waals surface area contributed by atoms with Gasteiger partial charge in [-0.2, -0.15) is 0 Å². The Kier molecular flexibility index (Phi) is 10.8. The van der Waals surface area contributed by atoms with E-state index >= 15 is 0 Å². The zero-order chi connectivity index (χ0) is 19.9. The maximum Gasteiger partial charge on any atom is 0.191 e. The molecule has 3 unspecified atom stereocenters. The summed E-state index contributed by atoms with van der Waals surface area (Å²) in [6, 6.07) is 4.05. The van der Waals surface area contributed by atoms with Crippen LogP contribution >= 0.6 is 24.0 Å². The normalized spacial score (nSPS) is 21.9. The van der Waals surface area contributed by atoms with Crippen LogP contribution in [0.25, 0.3) is 0 Å². The van der Waals surface area contributed by atoms with Crippen molar-refractivity contribution in [2.45, 2.75) is 52.7 Å². The van der Waals surface area contributed by atoms with Crippen molar-refractivity contribution in [2.24, 2.45) is 16.3 Å². The molecule has 1 aliphatic rings. The second kappa shape index (κ2) is 12.0. The van der Waals surface area contributed by atoms with Gasteiger partial charge in [0.2, 0.25) is 0 Å². The van der Waals surface area contributed by atoms with Gasteiger partial charge in [0.05, 0.1) is 25.0 Å². The highest BCUT2D eigenvalue weighted by molar-refractivity contribution is 14.0. The molecule has 0 radical (unpaired) electrons. The molecular formula is C21H39IN4O2. The summed E-state index contributed by atoms with van der Waals surface area (Å²) in [4.78, 5) is 6.95. The van der Waals surface area contributed by atoms with E-state index in [9.17, 15) is 0 Å². The molecule has 1 saturated heterocycles. The Bertz CT molecular complexity index is 569. The van der Waals surface area contributed by atoms with Gasteiger partial charge >= 0.3 is 0 Å². The first-order valence-corrected chi connectivity index (χ1v) is 10.2. The van der Waals surface area contributed by atoms with Gasteiger partial charge in [-0.25, -0.2) is 0 Å². The average Bonchev–Trinajstić information content (AvgIpc) is 3.13. The van der Waals surface area contributed by atoms with Gasteiger partial charge in [0.15, 0.2) is 5.96 Å². The molecule has 0 spiro atoms.